The Hall–Kier alpha value is -2.74. The Morgan fingerprint density at radius 1 is 1.24 bits per heavy atom. The number of aromatic nitrogens is 4. The molecule has 0 saturated carbocycles. The van der Waals surface area contributed by atoms with Crippen molar-refractivity contribution >= 4 is 17.5 Å². The fraction of sp³-hybridized carbons (Fsp3) is 0.176. The second kappa shape index (κ2) is 7.43. The number of hydrogen-bond donors (Lipinski definition) is 0. The van der Waals surface area contributed by atoms with E-state index in [9.17, 15) is 9.18 Å². The maximum absolute atomic E-state index is 13.4. The molecule has 0 amide bonds. The molecule has 25 heavy (non-hydrogen) atoms. The summed E-state index contributed by atoms with van der Waals surface area (Å²) in [6.07, 6.45) is 0. The highest BCUT2D eigenvalue weighted by atomic mass is 32.2. The number of thioether (sulfide) groups is 1. The maximum Gasteiger partial charge on any atom is 0.214 e. The third kappa shape index (κ3) is 3.85. The number of ketones is 1. The van der Waals surface area contributed by atoms with Crippen LogP contribution >= 0.6 is 11.8 Å². The van der Waals surface area contributed by atoms with Crippen LogP contribution in [0.5, 0.6) is 5.75 Å². The van der Waals surface area contributed by atoms with E-state index in [0.29, 0.717) is 22.2 Å². The molecule has 0 radical (unpaired) electrons. The van der Waals surface area contributed by atoms with Crippen LogP contribution in [0, 0.1) is 5.82 Å². The first-order valence-electron chi connectivity index (χ1n) is 7.47. The molecule has 0 aliphatic heterocycles. The predicted molar refractivity (Wildman–Crippen MR) is 91.8 cm³/mol. The largest absolute Gasteiger partial charge is 0.497 e. The first-order valence-corrected chi connectivity index (χ1v) is 8.35. The highest BCUT2D eigenvalue weighted by molar-refractivity contribution is 8.00. The average Bonchev–Trinajstić information content (AvgIpc) is 3.09. The number of Topliss-reactive ketones (excluding diaryl/α,β-unsaturated/α-hetero) is 1. The Labute approximate surface area is 148 Å². The smallest absolute Gasteiger partial charge is 0.214 e. The Morgan fingerprint density at radius 2 is 2.00 bits per heavy atom. The second-order valence-corrected chi connectivity index (χ2v) is 6.51. The van der Waals surface area contributed by atoms with E-state index in [1.165, 1.54) is 28.6 Å². The molecule has 6 nitrogen and oxygen atoms in total. The molecule has 0 fully saturated rings. The molecule has 0 aliphatic rings. The van der Waals surface area contributed by atoms with Crippen LogP contribution in [0.2, 0.25) is 0 Å². The zero-order chi connectivity index (χ0) is 17.8. The highest BCUT2D eigenvalue weighted by Gasteiger charge is 2.20. The van der Waals surface area contributed by atoms with Crippen LogP contribution in [0.3, 0.4) is 0 Å². The summed E-state index contributed by atoms with van der Waals surface area (Å²) in [6.45, 7) is 1.78. The van der Waals surface area contributed by atoms with Gasteiger partial charge in [-0.05, 0) is 59.8 Å². The minimum Gasteiger partial charge on any atom is -0.497 e. The summed E-state index contributed by atoms with van der Waals surface area (Å²) in [6, 6.07) is 12.9. The van der Waals surface area contributed by atoms with Gasteiger partial charge in [0, 0.05) is 5.56 Å². The molecular formula is C17H15FN4O2S. The van der Waals surface area contributed by atoms with Crippen molar-refractivity contribution in [3.8, 4) is 11.4 Å². The van der Waals surface area contributed by atoms with Gasteiger partial charge in [0.2, 0.25) is 5.16 Å². The van der Waals surface area contributed by atoms with Gasteiger partial charge >= 0.3 is 0 Å². The van der Waals surface area contributed by atoms with Gasteiger partial charge in [-0.15, -0.1) is 5.10 Å². The molecule has 1 atom stereocenters. The maximum atomic E-state index is 13.4. The quantitative estimate of drug-likeness (QED) is 0.498. The van der Waals surface area contributed by atoms with Crippen molar-refractivity contribution in [3.05, 3.63) is 59.9 Å². The van der Waals surface area contributed by atoms with Crippen molar-refractivity contribution < 1.29 is 13.9 Å². The van der Waals surface area contributed by atoms with Crippen LogP contribution < -0.4 is 4.74 Å². The van der Waals surface area contributed by atoms with Crippen molar-refractivity contribution in [1.29, 1.82) is 0 Å². The summed E-state index contributed by atoms with van der Waals surface area (Å²) in [4.78, 5) is 12.6. The average molecular weight is 358 g/mol. The summed E-state index contributed by atoms with van der Waals surface area (Å²) >= 11 is 1.21. The zero-order valence-corrected chi connectivity index (χ0v) is 14.4. The van der Waals surface area contributed by atoms with E-state index in [1.54, 1.807) is 50.4 Å². The van der Waals surface area contributed by atoms with Gasteiger partial charge < -0.3 is 4.74 Å². The van der Waals surface area contributed by atoms with E-state index in [4.69, 9.17) is 4.74 Å². The van der Waals surface area contributed by atoms with Gasteiger partial charge in [0.05, 0.1) is 18.0 Å². The van der Waals surface area contributed by atoms with Crippen molar-refractivity contribution in [3.63, 3.8) is 0 Å². The van der Waals surface area contributed by atoms with E-state index in [0.717, 1.165) is 0 Å². The molecule has 1 aromatic heterocycles. The highest BCUT2D eigenvalue weighted by Crippen LogP contribution is 2.26. The summed E-state index contributed by atoms with van der Waals surface area (Å²) < 4.78 is 19.9. The molecule has 3 rings (SSSR count). The SMILES string of the molecule is COc1ccc(C(=O)[C@@H](C)Sc2nnnn2-c2cccc(F)c2)cc1. The number of hydrogen-bond acceptors (Lipinski definition) is 6. The lowest BCUT2D eigenvalue weighted by Gasteiger charge is -2.10. The molecule has 8 heteroatoms. The number of carbonyl (C=O) groups excluding carboxylic acids is 1. The van der Waals surface area contributed by atoms with Gasteiger partial charge in [-0.2, -0.15) is 4.68 Å². The predicted octanol–water partition coefficient (Wildman–Crippen LogP) is 3.17. The second-order valence-electron chi connectivity index (χ2n) is 5.21. The van der Waals surface area contributed by atoms with Crippen molar-refractivity contribution in [2.24, 2.45) is 0 Å². The van der Waals surface area contributed by atoms with E-state index in [1.807, 2.05) is 0 Å². The zero-order valence-electron chi connectivity index (χ0n) is 13.6. The minimum absolute atomic E-state index is 0.0542. The lowest BCUT2D eigenvalue weighted by molar-refractivity contribution is 0.0994. The van der Waals surface area contributed by atoms with Gasteiger partial charge in [0.1, 0.15) is 11.6 Å². The minimum atomic E-state index is -0.410. The lowest BCUT2D eigenvalue weighted by Crippen LogP contribution is -2.14. The molecule has 2 aromatic carbocycles. The Kier molecular flexibility index (Phi) is 5.08. The number of halogens is 1. The van der Waals surface area contributed by atoms with Crippen LogP contribution in [-0.2, 0) is 0 Å². The standard InChI is InChI=1S/C17H15FN4O2S/c1-11(16(23)12-6-8-15(24-2)9-7-12)25-17-19-20-21-22(17)14-5-3-4-13(18)10-14/h3-11H,1-2H3/t11-/m1/s1. The Balaban J connectivity index is 1.78. The van der Waals surface area contributed by atoms with Gasteiger partial charge in [-0.3, -0.25) is 4.79 Å². The number of ether oxygens (including phenoxy) is 1. The van der Waals surface area contributed by atoms with E-state index < -0.39 is 5.25 Å². The molecule has 1 heterocycles. The normalized spacial score (nSPS) is 12.0. The van der Waals surface area contributed by atoms with Crippen LogP contribution in [0.25, 0.3) is 5.69 Å². The number of methoxy groups -OCH3 is 1. The van der Waals surface area contributed by atoms with Crippen LogP contribution in [-0.4, -0.2) is 38.4 Å². The van der Waals surface area contributed by atoms with Crippen LogP contribution in [0.1, 0.15) is 17.3 Å². The first kappa shape index (κ1) is 17.1. The lowest BCUT2D eigenvalue weighted by atomic mass is 10.1. The molecule has 128 valence electrons. The number of benzene rings is 2. The summed E-state index contributed by atoms with van der Waals surface area (Å²) in [7, 11) is 1.57. The molecule has 0 saturated heterocycles. The molecule has 0 N–H and O–H groups in total. The van der Waals surface area contributed by atoms with Crippen LogP contribution in [0.15, 0.2) is 53.7 Å². The molecule has 0 aliphatic carbocycles. The number of carbonyl (C=O) groups is 1. The fourth-order valence-corrected chi connectivity index (χ4v) is 3.11. The van der Waals surface area contributed by atoms with Gasteiger partial charge in [0.25, 0.3) is 0 Å². The summed E-state index contributed by atoms with van der Waals surface area (Å²) in [5, 5.41) is 11.4. The third-order valence-corrected chi connectivity index (χ3v) is 4.55. The number of tetrazole rings is 1. The van der Waals surface area contributed by atoms with Crippen molar-refractivity contribution in [2.45, 2.75) is 17.3 Å². The van der Waals surface area contributed by atoms with Crippen molar-refractivity contribution in [2.75, 3.05) is 7.11 Å². The van der Waals surface area contributed by atoms with Crippen LogP contribution in [0.4, 0.5) is 4.39 Å². The molecular weight excluding hydrogens is 343 g/mol. The number of rotatable bonds is 6. The van der Waals surface area contributed by atoms with Gasteiger partial charge in [-0.1, -0.05) is 17.8 Å². The van der Waals surface area contributed by atoms with E-state index in [2.05, 4.69) is 15.5 Å². The van der Waals surface area contributed by atoms with E-state index in [-0.39, 0.29) is 11.6 Å². The topological polar surface area (TPSA) is 69.9 Å². The Morgan fingerprint density at radius 3 is 2.68 bits per heavy atom. The fourth-order valence-electron chi connectivity index (χ4n) is 2.22. The molecule has 3 aromatic rings. The molecule has 0 spiro atoms. The van der Waals surface area contributed by atoms with E-state index >= 15 is 0 Å². The molecule has 0 bridgehead atoms. The Bertz CT molecular complexity index is 882. The number of nitrogens with zero attached hydrogens (tertiary/aromatic N) is 4. The summed E-state index contributed by atoms with van der Waals surface area (Å²) in [5.41, 5.74) is 1.07. The van der Waals surface area contributed by atoms with Gasteiger partial charge in [-0.25, -0.2) is 4.39 Å². The third-order valence-electron chi connectivity index (χ3n) is 3.52. The van der Waals surface area contributed by atoms with Crippen molar-refractivity contribution in [1.82, 2.24) is 20.2 Å². The monoisotopic (exact) mass is 358 g/mol. The first-order chi connectivity index (χ1) is 12.1. The summed E-state index contributed by atoms with van der Waals surface area (Å²) in [5.74, 6) is 0.250. The van der Waals surface area contributed by atoms with Gasteiger partial charge in [0.15, 0.2) is 5.78 Å². The molecule has 0 unspecified atom stereocenters.